The first-order valence-electron chi connectivity index (χ1n) is 7.30. The van der Waals surface area contributed by atoms with Crippen LogP contribution in [-0.4, -0.2) is 12.6 Å². The summed E-state index contributed by atoms with van der Waals surface area (Å²) in [5.74, 6) is 0.496. The molecule has 2 nitrogen and oxygen atoms in total. The molecule has 0 aliphatic heterocycles. The number of esters is 1. The molecule has 0 N–H and O–H groups in total. The Kier molecular flexibility index (Phi) is 10.3. The molecule has 0 aliphatic rings. The smallest absolute Gasteiger partial charge is 0.309 e. The van der Waals surface area contributed by atoms with Crippen LogP contribution in [0.15, 0.2) is 0 Å². The lowest BCUT2D eigenvalue weighted by Crippen LogP contribution is -2.23. The second-order valence-electron chi connectivity index (χ2n) is 5.22. The highest BCUT2D eigenvalue weighted by Crippen LogP contribution is 2.18. The van der Waals surface area contributed by atoms with Crippen molar-refractivity contribution < 1.29 is 9.53 Å². The molecule has 0 radical (unpaired) electrons. The summed E-state index contributed by atoms with van der Waals surface area (Å²) >= 11 is 0. The molecule has 17 heavy (non-hydrogen) atoms. The van der Waals surface area contributed by atoms with E-state index < -0.39 is 0 Å². The third-order valence-electron chi connectivity index (χ3n) is 3.20. The van der Waals surface area contributed by atoms with E-state index >= 15 is 0 Å². The van der Waals surface area contributed by atoms with Crippen LogP contribution in [0.1, 0.15) is 72.6 Å². The van der Waals surface area contributed by atoms with Gasteiger partial charge in [-0.05, 0) is 18.8 Å². The maximum absolute atomic E-state index is 11.8. The van der Waals surface area contributed by atoms with Crippen molar-refractivity contribution in [2.75, 3.05) is 6.61 Å². The molecule has 0 amide bonds. The van der Waals surface area contributed by atoms with E-state index in [4.69, 9.17) is 4.74 Å². The van der Waals surface area contributed by atoms with E-state index in [1.165, 1.54) is 25.7 Å². The van der Waals surface area contributed by atoms with Crippen LogP contribution in [0, 0.1) is 11.8 Å². The molecule has 0 aliphatic carbocycles. The van der Waals surface area contributed by atoms with E-state index in [-0.39, 0.29) is 11.9 Å². The predicted molar refractivity (Wildman–Crippen MR) is 73.0 cm³/mol. The maximum Gasteiger partial charge on any atom is 0.309 e. The minimum Gasteiger partial charge on any atom is -0.465 e. The molecule has 0 aromatic heterocycles. The van der Waals surface area contributed by atoms with Crippen LogP contribution in [0.4, 0.5) is 0 Å². The third kappa shape index (κ3) is 8.23. The number of carbonyl (C=O) groups is 1. The summed E-state index contributed by atoms with van der Waals surface area (Å²) in [6.45, 7) is 9.13. The van der Waals surface area contributed by atoms with Gasteiger partial charge < -0.3 is 4.74 Å². The predicted octanol–water partition coefficient (Wildman–Crippen LogP) is 4.57. The fourth-order valence-electron chi connectivity index (χ4n) is 2.02. The van der Waals surface area contributed by atoms with Crippen LogP contribution in [0.5, 0.6) is 0 Å². The molecule has 0 saturated carbocycles. The van der Waals surface area contributed by atoms with Gasteiger partial charge in [-0.3, -0.25) is 4.79 Å². The van der Waals surface area contributed by atoms with Gasteiger partial charge in [0.2, 0.25) is 0 Å². The van der Waals surface area contributed by atoms with Gasteiger partial charge in [0, 0.05) is 0 Å². The van der Waals surface area contributed by atoms with Crippen LogP contribution in [0.2, 0.25) is 0 Å². The Balaban J connectivity index is 3.67. The Morgan fingerprint density at radius 3 is 2.18 bits per heavy atom. The normalized spacial score (nSPS) is 12.8. The lowest BCUT2D eigenvalue weighted by atomic mass is 9.91. The van der Waals surface area contributed by atoms with Crippen molar-refractivity contribution in [3.63, 3.8) is 0 Å². The Morgan fingerprint density at radius 2 is 1.65 bits per heavy atom. The summed E-state index contributed by atoms with van der Waals surface area (Å²) in [5.41, 5.74) is 0. The minimum absolute atomic E-state index is 0.0114. The molecule has 1 atom stereocenters. The molecular weight excluding hydrogens is 212 g/mol. The zero-order valence-electron chi connectivity index (χ0n) is 12.1. The Hall–Kier alpha value is -0.530. The Morgan fingerprint density at radius 1 is 1.00 bits per heavy atom. The van der Waals surface area contributed by atoms with Gasteiger partial charge in [0.1, 0.15) is 0 Å². The number of unbranched alkanes of at least 4 members (excludes halogenated alkanes) is 4. The van der Waals surface area contributed by atoms with Gasteiger partial charge in [-0.2, -0.15) is 0 Å². The molecule has 1 unspecified atom stereocenters. The van der Waals surface area contributed by atoms with E-state index in [1.54, 1.807) is 0 Å². The molecule has 0 spiro atoms. The summed E-state index contributed by atoms with van der Waals surface area (Å²) < 4.78 is 5.36. The van der Waals surface area contributed by atoms with Crippen LogP contribution < -0.4 is 0 Å². The molecule has 0 aromatic rings. The van der Waals surface area contributed by atoms with Crippen molar-refractivity contribution >= 4 is 5.97 Å². The first-order chi connectivity index (χ1) is 8.13. The van der Waals surface area contributed by atoms with Gasteiger partial charge in [0.15, 0.2) is 0 Å². The second-order valence-corrected chi connectivity index (χ2v) is 5.22. The largest absolute Gasteiger partial charge is 0.465 e. The van der Waals surface area contributed by atoms with Crippen LogP contribution in [0.25, 0.3) is 0 Å². The summed E-state index contributed by atoms with van der Waals surface area (Å²) in [7, 11) is 0. The van der Waals surface area contributed by atoms with E-state index in [9.17, 15) is 4.79 Å². The first kappa shape index (κ1) is 16.5. The number of hydrogen-bond donors (Lipinski definition) is 0. The average molecular weight is 242 g/mol. The standard InChI is InChI=1S/C15H30O2/c1-5-7-8-9-10-12-17-15(16)14(11-6-2)13(3)4/h13-14H,5-12H2,1-4H3. The second kappa shape index (κ2) is 10.6. The fourth-order valence-corrected chi connectivity index (χ4v) is 2.02. The summed E-state index contributed by atoms with van der Waals surface area (Å²) in [6, 6.07) is 0. The fraction of sp³-hybridized carbons (Fsp3) is 0.933. The van der Waals surface area contributed by atoms with Crippen molar-refractivity contribution in [2.45, 2.75) is 72.6 Å². The summed E-state index contributed by atoms with van der Waals surface area (Å²) in [6.07, 6.45) is 8.01. The van der Waals surface area contributed by atoms with Crippen LogP contribution in [0.3, 0.4) is 0 Å². The number of ether oxygens (including phenoxy) is 1. The van der Waals surface area contributed by atoms with Gasteiger partial charge in [0.25, 0.3) is 0 Å². The highest BCUT2D eigenvalue weighted by molar-refractivity contribution is 5.72. The van der Waals surface area contributed by atoms with Gasteiger partial charge in [-0.15, -0.1) is 0 Å². The van der Waals surface area contributed by atoms with Crippen LogP contribution >= 0.6 is 0 Å². The molecule has 0 saturated heterocycles. The van der Waals surface area contributed by atoms with Crippen molar-refractivity contribution in [3.8, 4) is 0 Å². The quantitative estimate of drug-likeness (QED) is 0.414. The lowest BCUT2D eigenvalue weighted by Gasteiger charge is -2.18. The highest BCUT2D eigenvalue weighted by atomic mass is 16.5. The molecule has 0 fully saturated rings. The number of rotatable bonds is 10. The molecule has 0 rings (SSSR count). The van der Waals surface area contributed by atoms with E-state index in [2.05, 4.69) is 27.7 Å². The number of carbonyl (C=O) groups excluding carboxylic acids is 1. The van der Waals surface area contributed by atoms with Gasteiger partial charge in [-0.1, -0.05) is 59.8 Å². The summed E-state index contributed by atoms with van der Waals surface area (Å²) in [4.78, 5) is 11.8. The maximum atomic E-state index is 11.8. The lowest BCUT2D eigenvalue weighted by molar-refractivity contribution is -0.150. The number of hydrogen-bond acceptors (Lipinski definition) is 2. The van der Waals surface area contributed by atoms with E-state index in [0.717, 1.165) is 19.3 Å². The third-order valence-corrected chi connectivity index (χ3v) is 3.20. The molecule has 0 heterocycles. The minimum atomic E-state index is 0.0114. The topological polar surface area (TPSA) is 26.3 Å². The van der Waals surface area contributed by atoms with Crippen molar-refractivity contribution in [2.24, 2.45) is 11.8 Å². The SMILES string of the molecule is CCCCCCCOC(=O)C(CCC)C(C)C. The van der Waals surface area contributed by atoms with Crippen molar-refractivity contribution in [3.05, 3.63) is 0 Å². The van der Waals surface area contributed by atoms with Crippen LogP contribution in [-0.2, 0) is 9.53 Å². The first-order valence-corrected chi connectivity index (χ1v) is 7.30. The van der Waals surface area contributed by atoms with E-state index in [1.807, 2.05) is 0 Å². The van der Waals surface area contributed by atoms with Crippen molar-refractivity contribution in [1.82, 2.24) is 0 Å². The van der Waals surface area contributed by atoms with Gasteiger partial charge in [0.05, 0.1) is 12.5 Å². The monoisotopic (exact) mass is 242 g/mol. The Bertz CT molecular complexity index is 187. The van der Waals surface area contributed by atoms with Gasteiger partial charge >= 0.3 is 5.97 Å². The van der Waals surface area contributed by atoms with Gasteiger partial charge in [-0.25, -0.2) is 0 Å². The molecule has 2 heteroatoms. The zero-order valence-corrected chi connectivity index (χ0v) is 12.1. The van der Waals surface area contributed by atoms with Crippen molar-refractivity contribution in [1.29, 1.82) is 0 Å². The van der Waals surface area contributed by atoms with E-state index in [0.29, 0.717) is 12.5 Å². The highest BCUT2D eigenvalue weighted by Gasteiger charge is 2.22. The molecule has 0 bridgehead atoms. The molecular formula is C15H30O2. The molecule has 0 aromatic carbocycles. The molecule has 102 valence electrons. The zero-order chi connectivity index (χ0) is 13.1. The summed E-state index contributed by atoms with van der Waals surface area (Å²) in [5, 5.41) is 0. The Labute approximate surface area is 107 Å². The average Bonchev–Trinajstić information content (AvgIpc) is 2.29.